The van der Waals surface area contributed by atoms with Gasteiger partial charge in [-0.1, -0.05) is 24.3 Å². The van der Waals surface area contributed by atoms with Crippen LogP contribution in [0.3, 0.4) is 0 Å². The van der Waals surface area contributed by atoms with Crippen LogP contribution in [-0.2, 0) is 11.2 Å². The number of hydrogen-bond acceptors (Lipinski definition) is 2. The van der Waals surface area contributed by atoms with Crippen LogP contribution in [0.15, 0.2) is 42.5 Å². The summed E-state index contributed by atoms with van der Waals surface area (Å²) < 4.78 is 13.1. The third kappa shape index (κ3) is 3.57. The van der Waals surface area contributed by atoms with Crippen molar-refractivity contribution in [1.29, 1.82) is 0 Å². The first-order valence-electron chi connectivity index (χ1n) is 6.39. The predicted molar refractivity (Wildman–Crippen MR) is 76.2 cm³/mol. The Balaban J connectivity index is 1.93. The summed E-state index contributed by atoms with van der Waals surface area (Å²) in [6, 6.07) is 11.7. The zero-order valence-electron chi connectivity index (χ0n) is 11.2. The van der Waals surface area contributed by atoms with Crippen LogP contribution < -0.4 is 5.32 Å². The lowest BCUT2D eigenvalue weighted by Gasteiger charge is -2.07. The molecule has 0 aliphatic carbocycles. The molecule has 20 heavy (non-hydrogen) atoms. The van der Waals surface area contributed by atoms with Crippen molar-refractivity contribution in [2.75, 3.05) is 5.32 Å². The first-order chi connectivity index (χ1) is 9.56. The fourth-order valence-corrected chi connectivity index (χ4v) is 1.95. The highest BCUT2D eigenvalue weighted by Crippen LogP contribution is 2.19. The quantitative estimate of drug-likeness (QED) is 0.839. The van der Waals surface area contributed by atoms with E-state index in [1.807, 2.05) is 31.2 Å². The number of carbonyl (C=O) groups is 1. The molecule has 2 aromatic rings. The highest BCUT2D eigenvalue weighted by Gasteiger charge is 2.07. The molecular weight excluding hydrogens is 257 g/mol. The van der Waals surface area contributed by atoms with Gasteiger partial charge in [-0.05, 0) is 36.6 Å². The monoisotopic (exact) mass is 273 g/mol. The van der Waals surface area contributed by atoms with Crippen LogP contribution in [-0.4, -0.2) is 11.0 Å². The molecule has 0 heterocycles. The Morgan fingerprint density at radius 1 is 1.25 bits per heavy atom. The fourth-order valence-electron chi connectivity index (χ4n) is 1.95. The molecular formula is C16H16FNO2. The first-order valence-corrected chi connectivity index (χ1v) is 6.39. The summed E-state index contributed by atoms with van der Waals surface area (Å²) in [5, 5.41) is 11.7. The molecule has 1 amide bonds. The number of amides is 1. The van der Waals surface area contributed by atoms with Gasteiger partial charge in [0.25, 0.3) is 0 Å². The summed E-state index contributed by atoms with van der Waals surface area (Å²) >= 11 is 0. The highest BCUT2D eigenvalue weighted by molar-refractivity contribution is 5.90. The number of aromatic hydroxyl groups is 1. The van der Waals surface area contributed by atoms with Crippen LogP contribution in [0.1, 0.15) is 17.5 Å². The van der Waals surface area contributed by atoms with Gasteiger partial charge in [-0.3, -0.25) is 4.79 Å². The second-order valence-electron chi connectivity index (χ2n) is 4.64. The van der Waals surface area contributed by atoms with Crippen molar-refractivity contribution in [3.63, 3.8) is 0 Å². The minimum absolute atomic E-state index is 0.182. The van der Waals surface area contributed by atoms with E-state index in [2.05, 4.69) is 5.32 Å². The minimum Gasteiger partial charge on any atom is -0.505 e. The van der Waals surface area contributed by atoms with Crippen molar-refractivity contribution < 1.29 is 14.3 Å². The smallest absolute Gasteiger partial charge is 0.224 e. The Morgan fingerprint density at radius 3 is 2.70 bits per heavy atom. The lowest BCUT2D eigenvalue weighted by Crippen LogP contribution is -2.12. The van der Waals surface area contributed by atoms with Gasteiger partial charge in [0.05, 0.1) is 0 Å². The zero-order chi connectivity index (χ0) is 14.5. The van der Waals surface area contributed by atoms with Crippen LogP contribution >= 0.6 is 0 Å². The molecule has 3 nitrogen and oxygen atoms in total. The highest BCUT2D eigenvalue weighted by atomic mass is 19.1. The molecule has 2 rings (SSSR count). The van der Waals surface area contributed by atoms with Gasteiger partial charge in [-0.15, -0.1) is 0 Å². The molecule has 0 fully saturated rings. The molecule has 0 atom stereocenters. The largest absolute Gasteiger partial charge is 0.505 e. The van der Waals surface area contributed by atoms with E-state index in [9.17, 15) is 9.18 Å². The van der Waals surface area contributed by atoms with Crippen molar-refractivity contribution >= 4 is 11.6 Å². The van der Waals surface area contributed by atoms with Crippen molar-refractivity contribution in [3.05, 3.63) is 59.4 Å². The van der Waals surface area contributed by atoms with Crippen LogP contribution in [0.2, 0.25) is 0 Å². The molecule has 0 aliphatic rings. The number of rotatable bonds is 4. The van der Waals surface area contributed by atoms with Gasteiger partial charge in [0.15, 0.2) is 11.6 Å². The molecule has 0 bridgehead atoms. The summed E-state index contributed by atoms with van der Waals surface area (Å²) in [6.07, 6.45) is 0.965. The maximum atomic E-state index is 13.1. The summed E-state index contributed by atoms with van der Waals surface area (Å²) in [6.45, 7) is 2.00. The van der Waals surface area contributed by atoms with Crippen LogP contribution in [0, 0.1) is 12.7 Å². The lowest BCUT2D eigenvalue weighted by molar-refractivity contribution is -0.116. The summed E-state index contributed by atoms with van der Waals surface area (Å²) in [5.41, 5.74) is 2.62. The number of nitrogens with one attached hydrogen (secondary N) is 1. The van der Waals surface area contributed by atoms with E-state index in [1.165, 1.54) is 12.1 Å². The van der Waals surface area contributed by atoms with Crippen molar-refractivity contribution in [3.8, 4) is 5.75 Å². The van der Waals surface area contributed by atoms with E-state index in [0.29, 0.717) is 18.5 Å². The van der Waals surface area contributed by atoms with Gasteiger partial charge in [-0.25, -0.2) is 4.39 Å². The van der Waals surface area contributed by atoms with Crippen LogP contribution in [0.4, 0.5) is 10.1 Å². The maximum absolute atomic E-state index is 13.1. The van der Waals surface area contributed by atoms with E-state index in [4.69, 9.17) is 5.11 Å². The minimum atomic E-state index is -0.748. The van der Waals surface area contributed by atoms with Crippen molar-refractivity contribution in [2.24, 2.45) is 0 Å². The van der Waals surface area contributed by atoms with Gasteiger partial charge < -0.3 is 10.4 Å². The third-order valence-corrected chi connectivity index (χ3v) is 3.11. The molecule has 0 aromatic heterocycles. The molecule has 0 aliphatic heterocycles. The molecule has 0 radical (unpaired) electrons. The molecule has 104 valence electrons. The molecule has 4 heteroatoms. The second-order valence-corrected chi connectivity index (χ2v) is 4.64. The molecule has 0 saturated carbocycles. The number of anilines is 1. The van der Waals surface area contributed by atoms with Crippen LogP contribution in [0.5, 0.6) is 5.75 Å². The summed E-state index contributed by atoms with van der Waals surface area (Å²) in [4.78, 5) is 11.8. The lowest BCUT2D eigenvalue weighted by atomic mass is 10.0. The Labute approximate surface area is 117 Å². The fraction of sp³-hybridized carbons (Fsp3) is 0.188. The third-order valence-electron chi connectivity index (χ3n) is 3.11. The van der Waals surface area contributed by atoms with E-state index in [0.717, 1.165) is 17.2 Å². The standard InChI is InChI=1S/C16H16FNO2/c1-11-4-2-3-5-12(11)6-9-16(20)18-13-7-8-15(19)14(17)10-13/h2-5,7-8,10,19H,6,9H2,1H3,(H,18,20). The van der Waals surface area contributed by atoms with E-state index < -0.39 is 11.6 Å². The topological polar surface area (TPSA) is 49.3 Å². The average molecular weight is 273 g/mol. The molecule has 0 spiro atoms. The second kappa shape index (κ2) is 6.19. The van der Waals surface area contributed by atoms with Gasteiger partial charge in [0.2, 0.25) is 5.91 Å². The number of halogens is 1. The number of phenols is 1. The zero-order valence-corrected chi connectivity index (χ0v) is 11.2. The van der Waals surface area contributed by atoms with Gasteiger partial charge in [0, 0.05) is 18.2 Å². The maximum Gasteiger partial charge on any atom is 0.224 e. The summed E-state index contributed by atoms with van der Waals surface area (Å²) in [5.74, 6) is -1.36. The van der Waals surface area contributed by atoms with Crippen molar-refractivity contribution in [1.82, 2.24) is 0 Å². The normalized spacial score (nSPS) is 10.3. The molecule has 0 saturated heterocycles. The Kier molecular flexibility index (Phi) is 4.35. The van der Waals surface area contributed by atoms with Crippen LogP contribution in [0.25, 0.3) is 0 Å². The van der Waals surface area contributed by atoms with Crippen molar-refractivity contribution in [2.45, 2.75) is 19.8 Å². The van der Waals surface area contributed by atoms with Gasteiger partial charge >= 0.3 is 0 Å². The number of phenolic OH excluding ortho intramolecular Hbond substituents is 1. The SMILES string of the molecule is Cc1ccccc1CCC(=O)Nc1ccc(O)c(F)c1. The van der Waals surface area contributed by atoms with E-state index in [1.54, 1.807) is 0 Å². The number of hydrogen-bond donors (Lipinski definition) is 2. The van der Waals surface area contributed by atoms with E-state index >= 15 is 0 Å². The average Bonchev–Trinajstić information content (AvgIpc) is 2.42. The number of benzene rings is 2. The molecule has 2 N–H and O–H groups in total. The predicted octanol–water partition coefficient (Wildman–Crippen LogP) is 3.41. The van der Waals surface area contributed by atoms with E-state index in [-0.39, 0.29) is 5.91 Å². The molecule has 0 unspecified atom stereocenters. The molecule has 2 aromatic carbocycles. The first kappa shape index (κ1) is 14.1. The number of aryl methyl sites for hydroxylation is 2. The van der Waals surface area contributed by atoms with Gasteiger partial charge in [0.1, 0.15) is 0 Å². The Hall–Kier alpha value is -2.36. The Morgan fingerprint density at radius 2 is 2.00 bits per heavy atom. The number of carbonyl (C=O) groups excluding carboxylic acids is 1. The van der Waals surface area contributed by atoms with Gasteiger partial charge in [-0.2, -0.15) is 0 Å². The Bertz CT molecular complexity index is 626. The summed E-state index contributed by atoms with van der Waals surface area (Å²) in [7, 11) is 0.